The van der Waals surface area contributed by atoms with Gasteiger partial charge in [0, 0.05) is 25.4 Å². The number of pyridine rings is 1. The van der Waals surface area contributed by atoms with Gasteiger partial charge in [-0.3, -0.25) is 0 Å². The van der Waals surface area contributed by atoms with Crippen LogP contribution < -0.4 is 9.46 Å². The summed E-state index contributed by atoms with van der Waals surface area (Å²) < 4.78 is 72.5. The Morgan fingerprint density at radius 2 is 2.00 bits per heavy atom. The van der Waals surface area contributed by atoms with E-state index in [2.05, 4.69) is 14.7 Å². The van der Waals surface area contributed by atoms with E-state index in [4.69, 9.17) is 4.74 Å². The molecule has 0 amide bonds. The highest BCUT2D eigenvalue weighted by molar-refractivity contribution is 7.89. The van der Waals surface area contributed by atoms with Gasteiger partial charge in [-0.2, -0.15) is 13.2 Å². The van der Waals surface area contributed by atoms with E-state index in [1.807, 2.05) is 0 Å². The molecule has 3 rings (SSSR count). The lowest BCUT2D eigenvalue weighted by atomic mass is 10.3. The molecule has 7 nitrogen and oxygen atoms in total. The SMILES string of the molecule is COc1cccc(S(=O)(=O)NCCn2c(C(F)(F)F)nc3cccnc32)c1. The summed E-state index contributed by atoms with van der Waals surface area (Å²) in [5.74, 6) is -0.779. The van der Waals surface area contributed by atoms with Crippen LogP contribution in [0.5, 0.6) is 5.75 Å². The normalized spacial score (nSPS) is 12.4. The first kappa shape index (κ1) is 19.1. The van der Waals surface area contributed by atoms with E-state index in [1.165, 1.54) is 43.6 Å². The molecular weight excluding hydrogens is 385 g/mol. The topological polar surface area (TPSA) is 86.1 Å². The summed E-state index contributed by atoms with van der Waals surface area (Å²) in [5, 5.41) is 0. The monoisotopic (exact) mass is 400 g/mol. The van der Waals surface area contributed by atoms with Crippen molar-refractivity contribution >= 4 is 21.2 Å². The Hall–Kier alpha value is -2.66. The van der Waals surface area contributed by atoms with Crippen molar-refractivity contribution in [3.63, 3.8) is 0 Å². The molecule has 27 heavy (non-hydrogen) atoms. The van der Waals surface area contributed by atoms with Gasteiger partial charge in [0.2, 0.25) is 15.8 Å². The van der Waals surface area contributed by atoms with Gasteiger partial charge in [0.25, 0.3) is 0 Å². The van der Waals surface area contributed by atoms with Crippen LogP contribution in [0.15, 0.2) is 47.5 Å². The molecule has 0 radical (unpaired) electrons. The number of aromatic nitrogens is 3. The number of hydrogen-bond acceptors (Lipinski definition) is 5. The number of nitrogens with one attached hydrogen (secondary N) is 1. The van der Waals surface area contributed by atoms with Crippen molar-refractivity contribution in [1.29, 1.82) is 0 Å². The standard InChI is InChI=1S/C16H15F3N4O3S/c1-26-11-4-2-5-12(10-11)27(24,25)21-8-9-23-14-13(6-3-7-20-14)22-15(23)16(17,18)19/h2-7,10,21H,8-9H2,1H3. The van der Waals surface area contributed by atoms with Crippen LogP contribution in [0.1, 0.15) is 5.82 Å². The van der Waals surface area contributed by atoms with Gasteiger partial charge in [-0.05, 0) is 24.3 Å². The molecule has 0 bridgehead atoms. The van der Waals surface area contributed by atoms with Crippen LogP contribution in [0.3, 0.4) is 0 Å². The summed E-state index contributed by atoms with van der Waals surface area (Å²) >= 11 is 0. The maximum absolute atomic E-state index is 13.2. The summed E-state index contributed by atoms with van der Waals surface area (Å²) in [6, 6.07) is 8.65. The van der Waals surface area contributed by atoms with Gasteiger partial charge in [0.15, 0.2) is 5.65 Å². The number of imidazole rings is 1. The van der Waals surface area contributed by atoms with E-state index >= 15 is 0 Å². The molecule has 1 aromatic carbocycles. The number of alkyl halides is 3. The Kier molecular flexibility index (Phi) is 5.07. The number of halogens is 3. The van der Waals surface area contributed by atoms with Gasteiger partial charge in [-0.15, -0.1) is 0 Å². The summed E-state index contributed by atoms with van der Waals surface area (Å²) in [5.41, 5.74) is 0.117. The second kappa shape index (κ2) is 7.16. The van der Waals surface area contributed by atoms with E-state index < -0.39 is 22.0 Å². The molecule has 0 aliphatic heterocycles. The van der Waals surface area contributed by atoms with Crippen molar-refractivity contribution in [2.24, 2.45) is 0 Å². The molecule has 0 unspecified atom stereocenters. The van der Waals surface area contributed by atoms with Crippen LogP contribution in [0, 0.1) is 0 Å². The number of benzene rings is 1. The molecule has 0 saturated carbocycles. The summed E-state index contributed by atoms with van der Waals surface area (Å²) in [4.78, 5) is 7.43. The number of rotatable bonds is 6. The fourth-order valence-electron chi connectivity index (χ4n) is 2.53. The van der Waals surface area contributed by atoms with E-state index in [9.17, 15) is 21.6 Å². The van der Waals surface area contributed by atoms with E-state index in [1.54, 1.807) is 6.07 Å². The quantitative estimate of drug-likeness (QED) is 0.687. The zero-order chi connectivity index (χ0) is 19.7. The van der Waals surface area contributed by atoms with Gasteiger partial charge in [-0.1, -0.05) is 6.07 Å². The van der Waals surface area contributed by atoms with Crippen LogP contribution >= 0.6 is 0 Å². The molecule has 2 aromatic heterocycles. The predicted molar refractivity (Wildman–Crippen MR) is 90.7 cm³/mol. The first-order valence-electron chi connectivity index (χ1n) is 7.74. The first-order chi connectivity index (χ1) is 12.7. The number of sulfonamides is 1. The smallest absolute Gasteiger partial charge is 0.449 e. The minimum absolute atomic E-state index is 0.0328. The molecule has 0 aliphatic rings. The molecule has 2 heterocycles. The maximum atomic E-state index is 13.2. The zero-order valence-electron chi connectivity index (χ0n) is 14.1. The number of hydrogen-bond donors (Lipinski definition) is 1. The third kappa shape index (κ3) is 4.03. The lowest BCUT2D eigenvalue weighted by Crippen LogP contribution is -2.28. The summed E-state index contributed by atoms with van der Waals surface area (Å²) in [7, 11) is -2.52. The van der Waals surface area contributed by atoms with Gasteiger partial charge in [0.1, 0.15) is 11.3 Å². The molecule has 0 aliphatic carbocycles. The maximum Gasteiger partial charge on any atom is 0.449 e. The van der Waals surface area contributed by atoms with Crippen LogP contribution in [0.25, 0.3) is 11.2 Å². The van der Waals surface area contributed by atoms with Crippen molar-refractivity contribution in [2.45, 2.75) is 17.6 Å². The molecule has 0 spiro atoms. The second-order valence-corrected chi connectivity index (χ2v) is 7.27. The first-order valence-corrected chi connectivity index (χ1v) is 9.23. The van der Waals surface area contributed by atoms with E-state index in [-0.39, 0.29) is 29.1 Å². The van der Waals surface area contributed by atoms with Crippen molar-refractivity contribution in [1.82, 2.24) is 19.3 Å². The Bertz CT molecular complexity index is 1060. The van der Waals surface area contributed by atoms with Gasteiger partial charge in [0.05, 0.1) is 12.0 Å². The Labute approximate surface area is 152 Å². The van der Waals surface area contributed by atoms with Crippen molar-refractivity contribution < 1.29 is 26.3 Å². The number of ether oxygens (including phenoxy) is 1. The Morgan fingerprint density at radius 3 is 2.70 bits per heavy atom. The van der Waals surface area contributed by atoms with Crippen molar-refractivity contribution in [3.8, 4) is 5.75 Å². The van der Waals surface area contributed by atoms with Crippen LogP contribution in [-0.4, -0.2) is 36.6 Å². The van der Waals surface area contributed by atoms with Gasteiger partial charge >= 0.3 is 6.18 Å². The lowest BCUT2D eigenvalue weighted by Gasteiger charge is -2.12. The Balaban J connectivity index is 1.83. The molecular formula is C16H15F3N4O3S. The average Bonchev–Trinajstić information content (AvgIpc) is 3.01. The number of methoxy groups -OCH3 is 1. The second-order valence-electron chi connectivity index (χ2n) is 5.51. The van der Waals surface area contributed by atoms with Crippen molar-refractivity contribution in [3.05, 3.63) is 48.4 Å². The highest BCUT2D eigenvalue weighted by Gasteiger charge is 2.37. The fraction of sp³-hybridized carbons (Fsp3) is 0.250. The average molecular weight is 400 g/mol. The predicted octanol–water partition coefficient (Wildman–Crippen LogP) is 2.44. The van der Waals surface area contributed by atoms with E-state index in [0.717, 1.165) is 4.57 Å². The molecule has 144 valence electrons. The highest BCUT2D eigenvalue weighted by Crippen LogP contribution is 2.30. The lowest BCUT2D eigenvalue weighted by molar-refractivity contribution is -0.146. The molecule has 1 N–H and O–H groups in total. The number of fused-ring (bicyclic) bond motifs is 1. The van der Waals surface area contributed by atoms with Crippen LogP contribution in [0.2, 0.25) is 0 Å². The van der Waals surface area contributed by atoms with Gasteiger partial charge in [-0.25, -0.2) is 23.1 Å². The zero-order valence-corrected chi connectivity index (χ0v) is 14.9. The summed E-state index contributed by atoms with van der Waals surface area (Å²) in [6.07, 6.45) is -3.34. The molecule has 0 atom stereocenters. The molecule has 0 fully saturated rings. The van der Waals surface area contributed by atoms with Gasteiger partial charge < -0.3 is 9.30 Å². The third-order valence-electron chi connectivity index (χ3n) is 3.74. The van der Waals surface area contributed by atoms with Crippen LogP contribution in [-0.2, 0) is 22.7 Å². The van der Waals surface area contributed by atoms with Crippen LogP contribution in [0.4, 0.5) is 13.2 Å². The molecule has 3 aromatic rings. The minimum Gasteiger partial charge on any atom is -0.497 e. The highest BCUT2D eigenvalue weighted by atomic mass is 32.2. The fourth-order valence-corrected chi connectivity index (χ4v) is 3.59. The minimum atomic E-state index is -4.69. The Morgan fingerprint density at radius 1 is 1.22 bits per heavy atom. The van der Waals surface area contributed by atoms with Crippen molar-refractivity contribution in [2.75, 3.05) is 13.7 Å². The summed E-state index contributed by atoms with van der Waals surface area (Å²) in [6.45, 7) is -0.559. The number of nitrogens with zero attached hydrogens (tertiary/aromatic N) is 3. The van der Waals surface area contributed by atoms with E-state index in [0.29, 0.717) is 5.75 Å². The molecule has 0 saturated heterocycles. The molecule has 11 heteroatoms. The largest absolute Gasteiger partial charge is 0.497 e. The third-order valence-corrected chi connectivity index (χ3v) is 5.20.